The third-order valence-electron chi connectivity index (χ3n) is 7.41. The highest BCUT2D eigenvalue weighted by atomic mass is 35.5. The quantitative estimate of drug-likeness (QED) is 0.399. The van der Waals surface area contributed by atoms with Crippen molar-refractivity contribution in [3.63, 3.8) is 0 Å². The maximum Gasteiger partial charge on any atom is 0.242 e. The fourth-order valence-corrected chi connectivity index (χ4v) is 6.16. The van der Waals surface area contributed by atoms with Crippen molar-refractivity contribution < 1.29 is 18.0 Å². The van der Waals surface area contributed by atoms with Gasteiger partial charge in [0.05, 0.1) is 11.9 Å². The van der Waals surface area contributed by atoms with E-state index in [-0.39, 0.29) is 37.4 Å². The number of carbonyl (C=O) groups excluding carboxylic acids is 2. The Hall–Kier alpha value is -2.58. The van der Waals surface area contributed by atoms with Crippen LogP contribution in [0.4, 0.5) is 5.69 Å². The topological polar surface area (TPSA) is 86.8 Å². The van der Waals surface area contributed by atoms with Gasteiger partial charge >= 0.3 is 0 Å². The molecule has 0 bridgehead atoms. The van der Waals surface area contributed by atoms with Gasteiger partial charge in [0, 0.05) is 30.6 Å². The molecule has 2 aromatic carbocycles. The average molecular weight is 562 g/mol. The minimum absolute atomic E-state index is 0.0996. The lowest BCUT2D eigenvalue weighted by molar-refractivity contribution is -0.141. The number of halogens is 1. The molecule has 0 aliphatic heterocycles. The summed E-state index contributed by atoms with van der Waals surface area (Å²) in [6, 6.07) is 12.3. The Morgan fingerprint density at radius 2 is 1.74 bits per heavy atom. The Balaban J connectivity index is 1.75. The summed E-state index contributed by atoms with van der Waals surface area (Å²) in [6.45, 7) is 5.94. The molecule has 9 heteroatoms. The zero-order valence-electron chi connectivity index (χ0n) is 22.9. The van der Waals surface area contributed by atoms with E-state index in [1.54, 1.807) is 24.0 Å². The molecule has 2 aromatic rings. The number of aryl methyl sites for hydroxylation is 1. The summed E-state index contributed by atoms with van der Waals surface area (Å²) in [5.74, 6) is -0.393. The van der Waals surface area contributed by atoms with E-state index in [0.717, 1.165) is 42.4 Å². The highest BCUT2D eigenvalue weighted by molar-refractivity contribution is 7.92. The normalized spacial score (nSPS) is 15.1. The molecule has 1 N–H and O–H groups in total. The van der Waals surface area contributed by atoms with Crippen LogP contribution in [0.2, 0.25) is 5.02 Å². The molecule has 2 amide bonds. The Bertz CT molecular complexity index is 1230. The number of rotatable bonds is 11. The summed E-state index contributed by atoms with van der Waals surface area (Å²) in [6.07, 6.45) is 6.88. The Kier molecular flexibility index (Phi) is 10.6. The second-order valence-corrected chi connectivity index (χ2v) is 12.6. The molecule has 1 fully saturated rings. The molecule has 0 saturated heterocycles. The highest BCUT2D eigenvalue weighted by Crippen LogP contribution is 2.26. The molecule has 1 atom stereocenters. The van der Waals surface area contributed by atoms with E-state index >= 15 is 0 Å². The van der Waals surface area contributed by atoms with Crippen molar-refractivity contribution in [3.05, 3.63) is 64.2 Å². The molecule has 7 nitrogen and oxygen atoms in total. The summed E-state index contributed by atoms with van der Waals surface area (Å²) in [5, 5.41) is 3.66. The van der Waals surface area contributed by atoms with Gasteiger partial charge in [-0.1, -0.05) is 61.2 Å². The second-order valence-electron chi connectivity index (χ2n) is 10.3. The van der Waals surface area contributed by atoms with Gasteiger partial charge in [0.25, 0.3) is 0 Å². The molecule has 0 radical (unpaired) electrons. The van der Waals surface area contributed by atoms with E-state index in [4.69, 9.17) is 11.6 Å². The number of sulfonamides is 1. The maximum absolute atomic E-state index is 13.5. The van der Waals surface area contributed by atoms with Gasteiger partial charge in [-0.05, 0) is 68.9 Å². The molecule has 0 spiro atoms. The molecule has 0 heterocycles. The first-order valence-electron chi connectivity index (χ1n) is 13.4. The summed E-state index contributed by atoms with van der Waals surface area (Å²) in [5.41, 5.74) is 3.26. The molecule has 208 valence electrons. The number of hydrogen-bond acceptors (Lipinski definition) is 4. The van der Waals surface area contributed by atoms with Gasteiger partial charge in [0.15, 0.2) is 0 Å². The van der Waals surface area contributed by atoms with Gasteiger partial charge in [-0.3, -0.25) is 13.9 Å². The lowest BCUT2D eigenvalue weighted by atomic mass is 9.95. The molecule has 0 unspecified atom stereocenters. The number of nitrogens with zero attached hydrogens (tertiary/aromatic N) is 2. The van der Waals surface area contributed by atoms with Gasteiger partial charge in [-0.25, -0.2) is 8.42 Å². The number of benzene rings is 2. The molecule has 1 aliphatic rings. The Morgan fingerprint density at radius 1 is 1.05 bits per heavy atom. The molecule has 1 aliphatic carbocycles. The van der Waals surface area contributed by atoms with Crippen LogP contribution in [0.15, 0.2) is 42.5 Å². The summed E-state index contributed by atoms with van der Waals surface area (Å²) in [4.78, 5) is 28.3. The summed E-state index contributed by atoms with van der Waals surface area (Å²) in [7, 11) is -3.55. The van der Waals surface area contributed by atoms with E-state index in [9.17, 15) is 18.0 Å². The Morgan fingerprint density at radius 3 is 2.39 bits per heavy atom. The highest BCUT2D eigenvalue weighted by Gasteiger charge is 2.29. The number of hydrogen-bond donors (Lipinski definition) is 1. The fourth-order valence-electron chi connectivity index (χ4n) is 4.95. The van der Waals surface area contributed by atoms with Crippen LogP contribution < -0.4 is 9.62 Å². The zero-order chi connectivity index (χ0) is 27.9. The molecular formula is C29H40ClN3O4S. The summed E-state index contributed by atoms with van der Waals surface area (Å²) < 4.78 is 26.6. The summed E-state index contributed by atoms with van der Waals surface area (Å²) >= 11 is 6.39. The minimum Gasteiger partial charge on any atom is -0.352 e. The number of amides is 2. The van der Waals surface area contributed by atoms with Gasteiger partial charge < -0.3 is 10.2 Å². The fraction of sp³-hybridized carbons (Fsp3) is 0.517. The minimum atomic E-state index is -3.55. The average Bonchev–Trinajstić information content (AvgIpc) is 2.87. The van der Waals surface area contributed by atoms with Gasteiger partial charge in [-0.2, -0.15) is 0 Å². The van der Waals surface area contributed by atoms with E-state index < -0.39 is 16.1 Å². The van der Waals surface area contributed by atoms with Gasteiger partial charge in [-0.15, -0.1) is 0 Å². The lowest BCUT2D eigenvalue weighted by Crippen LogP contribution is -2.50. The van der Waals surface area contributed by atoms with Crippen LogP contribution in [0.1, 0.15) is 68.6 Å². The largest absolute Gasteiger partial charge is 0.352 e. The monoisotopic (exact) mass is 561 g/mol. The predicted octanol–water partition coefficient (Wildman–Crippen LogP) is 5.37. The van der Waals surface area contributed by atoms with Crippen molar-refractivity contribution in [1.82, 2.24) is 10.2 Å². The van der Waals surface area contributed by atoms with Crippen molar-refractivity contribution in [1.29, 1.82) is 0 Å². The van der Waals surface area contributed by atoms with E-state index in [0.29, 0.717) is 17.1 Å². The molecule has 1 saturated carbocycles. The van der Waals surface area contributed by atoms with Gasteiger partial charge in [0.2, 0.25) is 21.8 Å². The van der Waals surface area contributed by atoms with Crippen LogP contribution in [-0.2, 0) is 26.2 Å². The predicted molar refractivity (Wildman–Crippen MR) is 154 cm³/mol. The van der Waals surface area contributed by atoms with E-state index in [1.165, 1.54) is 17.0 Å². The molecule has 0 aromatic heterocycles. The van der Waals surface area contributed by atoms with Crippen LogP contribution in [0.25, 0.3) is 0 Å². The van der Waals surface area contributed by atoms with Crippen molar-refractivity contribution in [2.75, 3.05) is 17.1 Å². The van der Waals surface area contributed by atoms with Crippen LogP contribution >= 0.6 is 11.6 Å². The number of nitrogens with one attached hydrogen (secondary N) is 1. The van der Waals surface area contributed by atoms with Crippen LogP contribution in [0, 0.1) is 13.8 Å². The van der Waals surface area contributed by atoms with Crippen LogP contribution in [-0.4, -0.2) is 50.0 Å². The first-order chi connectivity index (χ1) is 18.0. The lowest BCUT2D eigenvalue weighted by Gasteiger charge is -2.32. The Labute approximate surface area is 232 Å². The molecule has 3 rings (SSSR count). The van der Waals surface area contributed by atoms with Crippen molar-refractivity contribution in [2.24, 2.45) is 0 Å². The van der Waals surface area contributed by atoms with Crippen LogP contribution in [0.5, 0.6) is 0 Å². The number of carbonyl (C=O) groups is 2. The SMILES string of the molecule is Cc1cccc(N(CCCC(=O)N(Cc2ccccc2Cl)[C@H](C)C(=O)NC2CCCCC2)S(C)(=O)=O)c1C. The standard InChI is InChI=1S/C29H40ClN3O4S/c1-21-12-10-17-27(22(21)2)33(38(4,36)37)19-11-18-28(34)32(20-24-13-8-9-16-26(24)30)23(3)29(35)31-25-14-6-5-7-15-25/h8-10,12-13,16-17,23,25H,5-7,11,14-15,18-20H2,1-4H3,(H,31,35)/t23-/m1/s1. The van der Waals surface area contributed by atoms with E-state index in [2.05, 4.69) is 5.32 Å². The van der Waals surface area contributed by atoms with Crippen molar-refractivity contribution in [2.45, 2.75) is 84.3 Å². The first-order valence-corrected chi connectivity index (χ1v) is 15.6. The van der Waals surface area contributed by atoms with E-state index in [1.807, 2.05) is 44.2 Å². The zero-order valence-corrected chi connectivity index (χ0v) is 24.4. The van der Waals surface area contributed by atoms with Crippen molar-refractivity contribution >= 4 is 39.1 Å². The molecular weight excluding hydrogens is 522 g/mol. The first kappa shape index (κ1) is 30.0. The number of anilines is 1. The third kappa shape index (κ3) is 7.96. The van der Waals surface area contributed by atoms with Crippen LogP contribution in [0.3, 0.4) is 0 Å². The third-order valence-corrected chi connectivity index (χ3v) is 8.96. The van der Waals surface area contributed by atoms with Crippen molar-refractivity contribution in [3.8, 4) is 0 Å². The smallest absolute Gasteiger partial charge is 0.242 e. The second kappa shape index (κ2) is 13.5. The molecule has 38 heavy (non-hydrogen) atoms. The van der Waals surface area contributed by atoms with Gasteiger partial charge in [0.1, 0.15) is 6.04 Å². The maximum atomic E-state index is 13.5.